The van der Waals surface area contributed by atoms with Gasteiger partial charge in [-0.25, -0.2) is 9.37 Å². The molecule has 0 radical (unpaired) electrons. The van der Waals surface area contributed by atoms with Crippen LogP contribution in [0.25, 0.3) is 11.5 Å². The lowest BCUT2D eigenvalue weighted by atomic mass is 10.2. The SMILES string of the molecule is Cc1oc(-c2ccc(F)cc2)nc1CN(C)C(C)c1cccs1. The molecule has 1 atom stereocenters. The second-order valence-corrected chi connectivity index (χ2v) is 6.61. The van der Waals surface area contributed by atoms with E-state index in [9.17, 15) is 4.39 Å². The van der Waals surface area contributed by atoms with Gasteiger partial charge in [0.05, 0.1) is 5.69 Å². The largest absolute Gasteiger partial charge is 0.441 e. The minimum atomic E-state index is -0.262. The van der Waals surface area contributed by atoms with Crippen LogP contribution in [0.1, 0.15) is 29.3 Å². The highest BCUT2D eigenvalue weighted by atomic mass is 32.1. The van der Waals surface area contributed by atoms with Gasteiger partial charge >= 0.3 is 0 Å². The summed E-state index contributed by atoms with van der Waals surface area (Å²) in [6.45, 7) is 4.80. The molecule has 3 aromatic rings. The van der Waals surface area contributed by atoms with Crippen LogP contribution in [0.2, 0.25) is 0 Å². The molecule has 0 aliphatic rings. The zero-order chi connectivity index (χ0) is 16.4. The Morgan fingerprint density at radius 3 is 2.65 bits per heavy atom. The first-order chi connectivity index (χ1) is 11.0. The minimum Gasteiger partial charge on any atom is -0.441 e. The van der Waals surface area contributed by atoms with E-state index in [1.807, 2.05) is 6.92 Å². The lowest BCUT2D eigenvalue weighted by molar-refractivity contribution is 0.252. The molecule has 3 nitrogen and oxygen atoms in total. The number of hydrogen-bond donors (Lipinski definition) is 0. The fourth-order valence-corrected chi connectivity index (χ4v) is 3.26. The molecule has 0 aliphatic heterocycles. The van der Waals surface area contributed by atoms with Crippen LogP contribution >= 0.6 is 11.3 Å². The quantitative estimate of drug-likeness (QED) is 0.656. The molecule has 5 heteroatoms. The summed E-state index contributed by atoms with van der Waals surface area (Å²) in [7, 11) is 2.08. The van der Waals surface area contributed by atoms with Crippen LogP contribution in [-0.2, 0) is 6.54 Å². The van der Waals surface area contributed by atoms with Gasteiger partial charge in [0.2, 0.25) is 5.89 Å². The molecule has 0 amide bonds. The van der Waals surface area contributed by atoms with Gasteiger partial charge in [-0.2, -0.15) is 0 Å². The topological polar surface area (TPSA) is 29.3 Å². The number of benzene rings is 1. The van der Waals surface area contributed by atoms with E-state index in [0.29, 0.717) is 18.5 Å². The van der Waals surface area contributed by atoms with Gasteiger partial charge in [0.25, 0.3) is 0 Å². The van der Waals surface area contributed by atoms with Crippen LogP contribution < -0.4 is 0 Å². The molecule has 0 bridgehead atoms. The van der Waals surface area contributed by atoms with Crippen molar-refractivity contribution in [1.29, 1.82) is 0 Å². The fraction of sp³-hybridized carbons (Fsp3) is 0.278. The van der Waals surface area contributed by atoms with Crippen LogP contribution in [0.3, 0.4) is 0 Å². The monoisotopic (exact) mass is 330 g/mol. The highest BCUT2D eigenvalue weighted by molar-refractivity contribution is 7.10. The number of oxazole rings is 1. The molecule has 3 rings (SSSR count). The first-order valence-corrected chi connectivity index (χ1v) is 8.38. The van der Waals surface area contributed by atoms with E-state index in [1.165, 1.54) is 17.0 Å². The number of rotatable bonds is 5. The van der Waals surface area contributed by atoms with Gasteiger partial charge in [-0.1, -0.05) is 6.07 Å². The van der Waals surface area contributed by atoms with E-state index in [1.54, 1.807) is 23.5 Å². The molecule has 0 saturated carbocycles. The molecule has 0 aliphatic carbocycles. The molecule has 120 valence electrons. The van der Waals surface area contributed by atoms with Crippen molar-refractivity contribution in [2.24, 2.45) is 0 Å². The maximum atomic E-state index is 13.0. The Morgan fingerprint density at radius 2 is 2.00 bits per heavy atom. The van der Waals surface area contributed by atoms with Gasteiger partial charge in [-0.15, -0.1) is 11.3 Å². The average molecular weight is 330 g/mol. The lowest BCUT2D eigenvalue weighted by Gasteiger charge is -2.22. The van der Waals surface area contributed by atoms with Crippen molar-refractivity contribution in [3.63, 3.8) is 0 Å². The van der Waals surface area contributed by atoms with Gasteiger partial charge in [0, 0.05) is 23.0 Å². The number of halogens is 1. The van der Waals surface area contributed by atoms with E-state index in [4.69, 9.17) is 4.42 Å². The van der Waals surface area contributed by atoms with Gasteiger partial charge in [0.15, 0.2) is 0 Å². The van der Waals surface area contributed by atoms with E-state index in [-0.39, 0.29) is 5.82 Å². The Morgan fingerprint density at radius 1 is 1.26 bits per heavy atom. The molecule has 1 aromatic carbocycles. The van der Waals surface area contributed by atoms with E-state index in [2.05, 4.69) is 41.4 Å². The van der Waals surface area contributed by atoms with E-state index >= 15 is 0 Å². The van der Waals surface area contributed by atoms with Gasteiger partial charge in [-0.05, 0) is 56.6 Å². The first kappa shape index (κ1) is 15.9. The molecule has 23 heavy (non-hydrogen) atoms. The van der Waals surface area contributed by atoms with Crippen LogP contribution in [0.15, 0.2) is 46.2 Å². The van der Waals surface area contributed by atoms with Crippen molar-refractivity contribution in [3.8, 4) is 11.5 Å². The molecule has 0 fully saturated rings. The summed E-state index contributed by atoms with van der Waals surface area (Å²) >= 11 is 1.76. The minimum absolute atomic E-state index is 0.262. The molecule has 2 heterocycles. The summed E-state index contributed by atoms with van der Waals surface area (Å²) in [5.41, 5.74) is 1.70. The lowest BCUT2D eigenvalue weighted by Crippen LogP contribution is -2.21. The molecule has 2 aromatic heterocycles. The van der Waals surface area contributed by atoms with Crippen LogP contribution in [0, 0.1) is 12.7 Å². The van der Waals surface area contributed by atoms with Crippen molar-refractivity contribution in [1.82, 2.24) is 9.88 Å². The second kappa shape index (κ2) is 6.64. The fourth-order valence-electron chi connectivity index (χ4n) is 2.41. The van der Waals surface area contributed by atoms with Crippen molar-refractivity contribution in [2.45, 2.75) is 26.4 Å². The summed E-state index contributed by atoms with van der Waals surface area (Å²) < 4.78 is 18.8. The van der Waals surface area contributed by atoms with Gasteiger partial charge in [0.1, 0.15) is 11.6 Å². The Hall–Kier alpha value is -1.98. The predicted molar refractivity (Wildman–Crippen MR) is 90.8 cm³/mol. The van der Waals surface area contributed by atoms with Crippen molar-refractivity contribution in [2.75, 3.05) is 7.05 Å². The normalized spacial score (nSPS) is 12.7. The third-order valence-corrected chi connectivity index (χ3v) is 5.04. The van der Waals surface area contributed by atoms with E-state index in [0.717, 1.165) is 17.0 Å². The van der Waals surface area contributed by atoms with E-state index < -0.39 is 0 Å². The molecule has 0 spiro atoms. The molecule has 0 saturated heterocycles. The molecular weight excluding hydrogens is 311 g/mol. The number of thiophene rings is 1. The number of aromatic nitrogens is 1. The van der Waals surface area contributed by atoms with Crippen LogP contribution in [-0.4, -0.2) is 16.9 Å². The highest BCUT2D eigenvalue weighted by Crippen LogP contribution is 2.27. The zero-order valence-electron chi connectivity index (χ0n) is 13.4. The smallest absolute Gasteiger partial charge is 0.226 e. The maximum Gasteiger partial charge on any atom is 0.226 e. The number of aryl methyl sites for hydroxylation is 1. The third kappa shape index (κ3) is 3.51. The Kier molecular flexibility index (Phi) is 4.59. The summed E-state index contributed by atoms with van der Waals surface area (Å²) in [6, 6.07) is 10.7. The summed E-state index contributed by atoms with van der Waals surface area (Å²) in [6.07, 6.45) is 0. The summed E-state index contributed by atoms with van der Waals surface area (Å²) in [5, 5.41) is 2.09. The zero-order valence-corrected chi connectivity index (χ0v) is 14.2. The van der Waals surface area contributed by atoms with Crippen molar-refractivity contribution >= 4 is 11.3 Å². The first-order valence-electron chi connectivity index (χ1n) is 7.50. The Balaban J connectivity index is 1.77. The Labute approximate surface area is 139 Å². The maximum absolute atomic E-state index is 13.0. The third-order valence-electron chi connectivity index (χ3n) is 4.00. The van der Waals surface area contributed by atoms with Gasteiger partial charge < -0.3 is 4.42 Å². The standard InChI is InChI=1S/C18H19FN2OS/c1-12(17-5-4-10-23-17)21(3)11-16-13(2)22-18(20-16)14-6-8-15(19)9-7-14/h4-10,12H,11H2,1-3H3. The average Bonchev–Trinajstić information content (AvgIpc) is 3.18. The number of nitrogens with zero attached hydrogens (tertiary/aromatic N) is 2. The van der Waals surface area contributed by atoms with Crippen molar-refractivity contribution in [3.05, 3.63) is 63.9 Å². The Bertz CT molecular complexity index is 765. The molecule has 0 N–H and O–H groups in total. The predicted octanol–water partition coefficient (Wildman–Crippen LogP) is 5.04. The molecular formula is C18H19FN2OS. The van der Waals surface area contributed by atoms with Crippen LogP contribution in [0.4, 0.5) is 4.39 Å². The number of hydrogen-bond acceptors (Lipinski definition) is 4. The summed E-state index contributed by atoms with van der Waals surface area (Å²) in [4.78, 5) is 8.15. The second-order valence-electron chi connectivity index (χ2n) is 5.64. The van der Waals surface area contributed by atoms with Crippen molar-refractivity contribution < 1.29 is 8.81 Å². The summed E-state index contributed by atoms with van der Waals surface area (Å²) in [5.74, 6) is 1.07. The highest BCUT2D eigenvalue weighted by Gasteiger charge is 2.17. The molecule has 1 unspecified atom stereocenters. The van der Waals surface area contributed by atoms with Crippen LogP contribution in [0.5, 0.6) is 0 Å². The van der Waals surface area contributed by atoms with Gasteiger partial charge in [-0.3, -0.25) is 4.90 Å².